The summed E-state index contributed by atoms with van der Waals surface area (Å²) in [6.07, 6.45) is 1.37. The van der Waals surface area contributed by atoms with E-state index in [2.05, 4.69) is 26.2 Å². The van der Waals surface area contributed by atoms with Crippen LogP contribution in [-0.2, 0) is 9.53 Å². The summed E-state index contributed by atoms with van der Waals surface area (Å²) in [5.74, 6) is -0.112. The molecule has 124 valence electrons. The van der Waals surface area contributed by atoms with Crippen molar-refractivity contribution in [3.05, 3.63) is 30.1 Å². The number of benzene rings is 1. The molecule has 0 radical (unpaired) electrons. The zero-order chi connectivity index (χ0) is 15.5. The van der Waals surface area contributed by atoms with Crippen molar-refractivity contribution in [2.24, 2.45) is 0 Å². The number of nitrogens with zero attached hydrogens (tertiary/aromatic N) is 4. The van der Waals surface area contributed by atoms with Crippen LogP contribution in [0.5, 0.6) is 0 Å². The molecule has 1 aromatic carbocycles. The molecule has 1 amide bonds. The summed E-state index contributed by atoms with van der Waals surface area (Å²) in [4.78, 5) is 12.4. The smallest absolute Gasteiger partial charge is 0.244 e. The van der Waals surface area contributed by atoms with Crippen LogP contribution in [0.4, 0.5) is 5.69 Å². The lowest BCUT2D eigenvalue weighted by molar-refractivity contribution is -0.123. The molecule has 8 nitrogen and oxygen atoms in total. The van der Waals surface area contributed by atoms with Gasteiger partial charge in [-0.25, -0.2) is 4.68 Å². The zero-order valence-electron chi connectivity index (χ0n) is 12.9. The fourth-order valence-electron chi connectivity index (χ4n) is 2.45. The topological polar surface area (TPSA) is 94.0 Å². The summed E-state index contributed by atoms with van der Waals surface area (Å²) in [6.45, 7) is 5.14. The maximum atomic E-state index is 12.4. The van der Waals surface area contributed by atoms with Crippen molar-refractivity contribution in [1.29, 1.82) is 0 Å². The van der Waals surface area contributed by atoms with Crippen molar-refractivity contribution in [2.75, 3.05) is 18.5 Å². The Balaban J connectivity index is 0.00000192. The number of hydrogen-bond acceptors (Lipinski definition) is 6. The van der Waals surface area contributed by atoms with Gasteiger partial charge in [0, 0.05) is 12.2 Å². The van der Waals surface area contributed by atoms with Crippen LogP contribution in [-0.4, -0.2) is 51.4 Å². The minimum Gasteiger partial charge on any atom is -0.375 e. The molecule has 2 N–H and O–H groups in total. The van der Waals surface area contributed by atoms with Gasteiger partial charge in [0.05, 0.1) is 18.4 Å². The van der Waals surface area contributed by atoms with E-state index in [1.54, 1.807) is 4.68 Å². The SMILES string of the molecule is Cc1ccc(NC(=O)[C@H]2NCCO[C@@H]2C)cc1-n1cnnn1.Cl. The lowest BCUT2D eigenvalue weighted by Gasteiger charge is -2.29. The van der Waals surface area contributed by atoms with Crippen molar-refractivity contribution < 1.29 is 9.53 Å². The van der Waals surface area contributed by atoms with Crippen LogP contribution in [0.1, 0.15) is 12.5 Å². The third-order valence-corrected chi connectivity index (χ3v) is 3.67. The highest BCUT2D eigenvalue weighted by atomic mass is 35.5. The number of anilines is 1. The zero-order valence-corrected chi connectivity index (χ0v) is 13.7. The number of halogens is 1. The second kappa shape index (κ2) is 7.49. The summed E-state index contributed by atoms with van der Waals surface area (Å²) in [5.41, 5.74) is 2.53. The van der Waals surface area contributed by atoms with Gasteiger partial charge in [-0.1, -0.05) is 6.07 Å². The van der Waals surface area contributed by atoms with Crippen LogP contribution in [0, 0.1) is 6.92 Å². The molecule has 2 heterocycles. The van der Waals surface area contributed by atoms with E-state index in [1.165, 1.54) is 6.33 Å². The third-order valence-electron chi connectivity index (χ3n) is 3.67. The highest BCUT2D eigenvalue weighted by Gasteiger charge is 2.28. The molecule has 23 heavy (non-hydrogen) atoms. The van der Waals surface area contributed by atoms with E-state index >= 15 is 0 Å². The van der Waals surface area contributed by atoms with Gasteiger partial charge >= 0.3 is 0 Å². The number of aryl methyl sites for hydroxylation is 1. The molecule has 1 fully saturated rings. The standard InChI is InChI=1S/C14H18N6O2.ClH/c1-9-3-4-11(7-12(9)20-8-16-18-19-20)17-14(21)13-10(2)22-6-5-15-13;/h3-4,7-8,10,13,15H,5-6H2,1-2H3,(H,17,21);1H/t10-,13+;/m1./s1. The lowest BCUT2D eigenvalue weighted by atomic mass is 10.1. The first-order valence-corrected chi connectivity index (χ1v) is 7.15. The summed E-state index contributed by atoms with van der Waals surface area (Å²) >= 11 is 0. The average Bonchev–Trinajstić information content (AvgIpc) is 3.03. The molecule has 3 rings (SSSR count). The molecule has 2 aromatic rings. The van der Waals surface area contributed by atoms with Crippen molar-refractivity contribution in [1.82, 2.24) is 25.5 Å². The van der Waals surface area contributed by atoms with Gasteiger partial charge in [0.15, 0.2) is 0 Å². The van der Waals surface area contributed by atoms with E-state index in [0.717, 1.165) is 11.3 Å². The molecule has 1 saturated heterocycles. The first-order chi connectivity index (χ1) is 10.6. The van der Waals surface area contributed by atoms with Crippen molar-refractivity contribution in [3.63, 3.8) is 0 Å². The van der Waals surface area contributed by atoms with Crippen LogP contribution in [0.2, 0.25) is 0 Å². The third kappa shape index (κ3) is 3.84. The molecule has 2 atom stereocenters. The Hall–Kier alpha value is -2.03. The molecule has 1 aliphatic rings. The highest BCUT2D eigenvalue weighted by molar-refractivity contribution is 5.95. The van der Waals surface area contributed by atoms with Gasteiger partial charge in [0.1, 0.15) is 12.4 Å². The Morgan fingerprint density at radius 2 is 2.30 bits per heavy atom. The predicted molar refractivity (Wildman–Crippen MR) is 87.0 cm³/mol. The molecule has 0 bridgehead atoms. The van der Waals surface area contributed by atoms with Gasteiger partial charge in [0.2, 0.25) is 5.91 Å². The molecule has 0 spiro atoms. The Morgan fingerprint density at radius 1 is 1.48 bits per heavy atom. The van der Waals surface area contributed by atoms with E-state index in [4.69, 9.17) is 4.74 Å². The van der Waals surface area contributed by atoms with Gasteiger partial charge < -0.3 is 15.4 Å². The van der Waals surface area contributed by atoms with Crippen LogP contribution in [0.15, 0.2) is 24.5 Å². The van der Waals surface area contributed by atoms with Crippen LogP contribution in [0.3, 0.4) is 0 Å². The highest BCUT2D eigenvalue weighted by Crippen LogP contribution is 2.19. The Morgan fingerprint density at radius 3 is 3.00 bits per heavy atom. The van der Waals surface area contributed by atoms with Gasteiger partial charge in [-0.2, -0.15) is 0 Å². The molecular weight excluding hydrogens is 320 g/mol. The lowest BCUT2D eigenvalue weighted by Crippen LogP contribution is -2.53. The fraction of sp³-hybridized carbons (Fsp3) is 0.429. The Labute approximate surface area is 140 Å². The predicted octanol–water partition coefficient (Wildman–Crippen LogP) is 0.708. The number of carbonyl (C=O) groups excluding carboxylic acids is 1. The normalized spacial score (nSPS) is 20.6. The van der Waals surface area contributed by atoms with Crippen LogP contribution in [0.25, 0.3) is 5.69 Å². The minimum atomic E-state index is -0.355. The van der Waals surface area contributed by atoms with Crippen molar-refractivity contribution >= 4 is 24.0 Å². The van der Waals surface area contributed by atoms with Gasteiger partial charge in [-0.3, -0.25) is 4.79 Å². The quantitative estimate of drug-likeness (QED) is 0.856. The van der Waals surface area contributed by atoms with Crippen molar-refractivity contribution in [2.45, 2.75) is 26.0 Å². The summed E-state index contributed by atoms with van der Waals surface area (Å²) in [7, 11) is 0. The van der Waals surface area contributed by atoms with Crippen LogP contribution >= 0.6 is 12.4 Å². The Bertz CT molecular complexity index is 663. The number of rotatable bonds is 3. The number of ether oxygens (including phenoxy) is 1. The number of aromatic nitrogens is 4. The van der Waals surface area contributed by atoms with E-state index in [9.17, 15) is 4.79 Å². The summed E-state index contributed by atoms with van der Waals surface area (Å²) in [6, 6.07) is 5.26. The average molecular weight is 339 g/mol. The molecule has 0 saturated carbocycles. The van der Waals surface area contributed by atoms with Gasteiger partial charge in [0.25, 0.3) is 0 Å². The van der Waals surface area contributed by atoms with Crippen LogP contribution < -0.4 is 10.6 Å². The van der Waals surface area contributed by atoms with Crippen molar-refractivity contribution in [3.8, 4) is 5.69 Å². The number of hydrogen-bond donors (Lipinski definition) is 2. The van der Waals surface area contributed by atoms with E-state index in [-0.39, 0.29) is 30.5 Å². The van der Waals surface area contributed by atoms with E-state index < -0.39 is 0 Å². The molecule has 1 aromatic heterocycles. The van der Waals surface area contributed by atoms with Gasteiger partial charge in [-0.05, 0) is 42.0 Å². The second-order valence-electron chi connectivity index (χ2n) is 5.25. The maximum absolute atomic E-state index is 12.4. The summed E-state index contributed by atoms with van der Waals surface area (Å²) < 4.78 is 7.06. The maximum Gasteiger partial charge on any atom is 0.244 e. The molecule has 0 unspecified atom stereocenters. The Kier molecular flexibility index (Phi) is 5.64. The molecule has 9 heteroatoms. The van der Waals surface area contributed by atoms with Gasteiger partial charge in [-0.15, -0.1) is 17.5 Å². The number of nitrogens with one attached hydrogen (secondary N) is 2. The number of morpholine rings is 1. The molecule has 1 aliphatic heterocycles. The largest absolute Gasteiger partial charge is 0.375 e. The number of amides is 1. The number of carbonyl (C=O) groups is 1. The molecular formula is C14H19ClN6O2. The number of tetrazole rings is 1. The first kappa shape index (κ1) is 17.3. The van der Waals surface area contributed by atoms with E-state index in [1.807, 2.05) is 32.0 Å². The molecule has 0 aliphatic carbocycles. The first-order valence-electron chi connectivity index (χ1n) is 7.15. The fourth-order valence-corrected chi connectivity index (χ4v) is 2.45. The summed E-state index contributed by atoms with van der Waals surface area (Å²) in [5, 5.41) is 17.2. The second-order valence-corrected chi connectivity index (χ2v) is 5.25. The minimum absolute atomic E-state index is 0. The van der Waals surface area contributed by atoms with E-state index in [0.29, 0.717) is 18.8 Å². The monoisotopic (exact) mass is 338 g/mol.